The Morgan fingerprint density at radius 2 is 1.95 bits per heavy atom. The fourth-order valence-corrected chi connectivity index (χ4v) is 2.92. The van der Waals surface area contributed by atoms with Crippen LogP contribution in [0.5, 0.6) is 0 Å². The van der Waals surface area contributed by atoms with Gasteiger partial charge in [-0.1, -0.05) is 36.6 Å². The molecular formula is C17H25ClN2O2. The first-order valence-electron chi connectivity index (χ1n) is 7.86. The average molecular weight is 325 g/mol. The van der Waals surface area contributed by atoms with Crippen molar-refractivity contribution in [1.82, 2.24) is 10.2 Å². The summed E-state index contributed by atoms with van der Waals surface area (Å²) in [6.45, 7) is 0.715. The van der Waals surface area contributed by atoms with Crippen LogP contribution in [-0.2, 0) is 9.53 Å². The van der Waals surface area contributed by atoms with Crippen molar-refractivity contribution >= 4 is 17.5 Å². The molecule has 0 aliphatic heterocycles. The first kappa shape index (κ1) is 17.3. The third-order valence-electron chi connectivity index (χ3n) is 4.12. The van der Waals surface area contributed by atoms with E-state index in [2.05, 4.69) is 10.2 Å². The van der Waals surface area contributed by atoms with E-state index in [4.69, 9.17) is 16.3 Å². The van der Waals surface area contributed by atoms with Gasteiger partial charge in [0, 0.05) is 11.6 Å². The molecule has 1 aromatic carbocycles. The highest BCUT2D eigenvalue weighted by Crippen LogP contribution is 2.21. The van der Waals surface area contributed by atoms with Crippen LogP contribution >= 0.6 is 11.6 Å². The molecule has 1 fully saturated rings. The fraction of sp³-hybridized carbons (Fsp3) is 0.588. The molecule has 22 heavy (non-hydrogen) atoms. The smallest absolute Gasteiger partial charge is 0.246 e. The lowest BCUT2D eigenvalue weighted by Gasteiger charge is -2.25. The van der Waals surface area contributed by atoms with Crippen molar-refractivity contribution in [2.45, 2.75) is 37.8 Å². The summed E-state index contributed by atoms with van der Waals surface area (Å²) in [5, 5.41) is 3.68. The van der Waals surface area contributed by atoms with Crippen molar-refractivity contribution < 1.29 is 9.53 Å². The third-order valence-corrected chi connectivity index (χ3v) is 4.38. The number of likely N-dealkylation sites (N-methyl/N-ethyl adjacent to an activating group) is 1. The number of rotatable bonds is 7. The molecule has 1 aliphatic carbocycles. The molecule has 1 aliphatic rings. The molecule has 0 saturated heterocycles. The van der Waals surface area contributed by atoms with E-state index in [-0.39, 0.29) is 24.7 Å². The van der Waals surface area contributed by atoms with Gasteiger partial charge in [0.05, 0.1) is 12.1 Å². The maximum atomic E-state index is 11.9. The summed E-state index contributed by atoms with van der Waals surface area (Å²) in [5.41, 5.74) is 1.13. The summed E-state index contributed by atoms with van der Waals surface area (Å²) in [5.74, 6) is -0.0484. The van der Waals surface area contributed by atoms with E-state index in [1.165, 1.54) is 12.8 Å². The minimum atomic E-state index is -0.0484. The summed E-state index contributed by atoms with van der Waals surface area (Å²) < 4.78 is 5.64. The molecule has 122 valence electrons. The molecule has 0 bridgehead atoms. The van der Waals surface area contributed by atoms with Crippen LogP contribution < -0.4 is 5.32 Å². The Morgan fingerprint density at radius 1 is 1.32 bits per heavy atom. The van der Waals surface area contributed by atoms with E-state index in [0.29, 0.717) is 6.54 Å². The Hall–Kier alpha value is -1.10. The number of nitrogens with zero attached hydrogens (tertiary/aromatic N) is 1. The van der Waals surface area contributed by atoms with Gasteiger partial charge < -0.3 is 15.0 Å². The van der Waals surface area contributed by atoms with Crippen molar-refractivity contribution in [3.05, 3.63) is 34.9 Å². The predicted molar refractivity (Wildman–Crippen MR) is 89.1 cm³/mol. The summed E-state index contributed by atoms with van der Waals surface area (Å²) >= 11 is 5.93. The highest BCUT2D eigenvalue weighted by Gasteiger charge is 2.18. The zero-order valence-electron chi connectivity index (χ0n) is 13.3. The summed E-state index contributed by atoms with van der Waals surface area (Å²) in [6, 6.07) is 7.85. The number of hydrogen-bond donors (Lipinski definition) is 1. The molecule has 0 spiro atoms. The van der Waals surface area contributed by atoms with Gasteiger partial charge in [-0.15, -0.1) is 0 Å². The Bertz CT molecular complexity index is 470. The van der Waals surface area contributed by atoms with Gasteiger partial charge in [0.15, 0.2) is 0 Å². The van der Waals surface area contributed by atoms with Gasteiger partial charge in [0.2, 0.25) is 5.91 Å². The van der Waals surface area contributed by atoms with Gasteiger partial charge in [-0.05, 0) is 44.6 Å². The van der Waals surface area contributed by atoms with Crippen LogP contribution in [0.3, 0.4) is 0 Å². The molecule has 0 unspecified atom stereocenters. The SMILES string of the molecule is CN(C)[C@H](CNC(=O)COC1CCCC1)c1ccc(Cl)cc1. The van der Waals surface area contributed by atoms with Crippen molar-refractivity contribution in [3.8, 4) is 0 Å². The molecule has 0 heterocycles. The van der Waals surface area contributed by atoms with Gasteiger partial charge in [0.25, 0.3) is 0 Å². The van der Waals surface area contributed by atoms with Gasteiger partial charge in [-0.3, -0.25) is 4.79 Å². The lowest BCUT2D eigenvalue weighted by Crippen LogP contribution is -2.36. The summed E-state index contributed by atoms with van der Waals surface area (Å²) in [4.78, 5) is 14.0. The number of amides is 1. The van der Waals surface area contributed by atoms with Crippen LogP contribution in [-0.4, -0.2) is 44.2 Å². The first-order valence-corrected chi connectivity index (χ1v) is 8.24. The predicted octanol–water partition coefficient (Wildman–Crippen LogP) is 3.02. The largest absolute Gasteiger partial charge is 0.368 e. The number of carbonyl (C=O) groups excluding carboxylic acids is 1. The average Bonchev–Trinajstić information content (AvgIpc) is 3.00. The fourth-order valence-electron chi connectivity index (χ4n) is 2.79. The monoisotopic (exact) mass is 324 g/mol. The van der Waals surface area contributed by atoms with Crippen LogP contribution in [0.15, 0.2) is 24.3 Å². The number of halogens is 1. The zero-order valence-corrected chi connectivity index (χ0v) is 14.1. The van der Waals surface area contributed by atoms with E-state index >= 15 is 0 Å². The van der Waals surface area contributed by atoms with Crippen LogP contribution in [0.1, 0.15) is 37.3 Å². The second-order valence-corrected chi connectivity index (χ2v) is 6.49. The van der Waals surface area contributed by atoms with E-state index in [1.807, 2.05) is 38.4 Å². The summed E-state index contributed by atoms with van der Waals surface area (Å²) in [6.07, 6.45) is 4.86. The molecule has 2 rings (SSSR count). The molecule has 0 radical (unpaired) electrons. The van der Waals surface area contributed by atoms with E-state index in [0.717, 1.165) is 23.4 Å². The molecule has 4 nitrogen and oxygen atoms in total. The lowest BCUT2D eigenvalue weighted by molar-refractivity contribution is -0.127. The molecule has 1 N–H and O–H groups in total. The highest BCUT2D eigenvalue weighted by atomic mass is 35.5. The molecule has 1 amide bonds. The molecule has 5 heteroatoms. The normalized spacial score (nSPS) is 16.9. The van der Waals surface area contributed by atoms with Crippen LogP contribution in [0.2, 0.25) is 5.02 Å². The molecular weight excluding hydrogens is 300 g/mol. The van der Waals surface area contributed by atoms with E-state index < -0.39 is 0 Å². The zero-order chi connectivity index (χ0) is 15.9. The Kier molecular flexibility index (Phi) is 6.68. The maximum Gasteiger partial charge on any atom is 0.246 e. The maximum absolute atomic E-state index is 11.9. The Balaban J connectivity index is 1.80. The minimum Gasteiger partial charge on any atom is -0.368 e. The Labute approximate surface area is 137 Å². The Morgan fingerprint density at radius 3 is 2.55 bits per heavy atom. The second-order valence-electron chi connectivity index (χ2n) is 6.05. The number of nitrogens with one attached hydrogen (secondary N) is 1. The highest BCUT2D eigenvalue weighted by molar-refractivity contribution is 6.30. The standard InChI is InChI=1S/C17H25ClN2O2/c1-20(2)16(13-7-9-14(18)10-8-13)11-19-17(21)12-22-15-5-3-4-6-15/h7-10,15-16H,3-6,11-12H2,1-2H3,(H,19,21)/t16-/m1/s1. The van der Waals surface area contributed by atoms with Gasteiger partial charge in [0.1, 0.15) is 6.61 Å². The van der Waals surface area contributed by atoms with Crippen LogP contribution in [0, 0.1) is 0 Å². The number of ether oxygens (including phenoxy) is 1. The quantitative estimate of drug-likeness (QED) is 0.838. The van der Waals surface area contributed by atoms with E-state index in [1.54, 1.807) is 0 Å². The molecule has 1 aromatic rings. The first-order chi connectivity index (χ1) is 10.6. The molecule has 0 aromatic heterocycles. The lowest BCUT2D eigenvalue weighted by atomic mass is 10.1. The van der Waals surface area contributed by atoms with Crippen molar-refractivity contribution in [3.63, 3.8) is 0 Å². The second kappa shape index (κ2) is 8.51. The third kappa shape index (κ3) is 5.27. The number of benzene rings is 1. The van der Waals surface area contributed by atoms with Crippen LogP contribution in [0.4, 0.5) is 0 Å². The topological polar surface area (TPSA) is 41.6 Å². The van der Waals surface area contributed by atoms with Gasteiger partial charge in [-0.2, -0.15) is 0 Å². The molecule has 1 saturated carbocycles. The van der Waals surface area contributed by atoms with Gasteiger partial charge in [-0.25, -0.2) is 0 Å². The summed E-state index contributed by atoms with van der Waals surface area (Å²) in [7, 11) is 4.00. The number of carbonyl (C=O) groups is 1. The van der Waals surface area contributed by atoms with Crippen molar-refractivity contribution in [2.24, 2.45) is 0 Å². The van der Waals surface area contributed by atoms with E-state index in [9.17, 15) is 4.79 Å². The molecule has 1 atom stereocenters. The van der Waals surface area contributed by atoms with Crippen molar-refractivity contribution in [2.75, 3.05) is 27.2 Å². The van der Waals surface area contributed by atoms with Crippen LogP contribution in [0.25, 0.3) is 0 Å². The van der Waals surface area contributed by atoms with Crippen molar-refractivity contribution in [1.29, 1.82) is 0 Å². The minimum absolute atomic E-state index is 0.0484. The number of hydrogen-bond acceptors (Lipinski definition) is 3. The van der Waals surface area contributed by atoms with Gasteiger partial charge >= 0.3 is 0 Å².